The standard InChI is InChI=1S/C21H23N3O3/c1-22-18-9-5-6-10-19(18)24(21(22)26)15-20(25)23-13-11-17(12-14-23)27-16-7-3-2-4-8-16/h2-10,17H,11-15H2,1H3. The quantitative estimate of drug-likeness (QED) is 0.713. The van der Waals surface area contributed by atoms with Crippen LogP contribution in [0, 0.1) is 0 Å². The van der Waals surface area contributed by atoms with Gasteiger partial charge in [0.15, 0.2) is 0 Å². The van der Waals surface area contributed by atoms with E-state index in [4.69, 9.17) is 4.74 Å². The number of likely N-dealkylation sites (tertiary alicyclic amines) is 1. The number of ether oxygens (including phenoxy) is 1. The first-order valence-electron chi connectivity index (χ1n) is 9.27. The molecule has 0 atom stereocenters. The van der Waals surface area contributed by atoms with Crippen LogP contribution in [0.4, 0.5) is 0 Å². The second-order valence-electron chi connectivity index (χ2n) is 6.93. The van der Waals surface area contributed by atoms with E-state index in [1.165, 1.54) is 0 Å². The van der Waals surface area contributed by atoms with Gasteiger partial charge in [0.05, 0.1) is 11.0 Å². The first-order chi connectivity index (χ1) is 13.1. The van der Waals surface area contributed by atoms with Crippen LogP contribution in [0.3, 0.4) is 0 Å². The minimum absolute atomic E-state index is 0.0217. The van der Waals surface area contributed by atoms with Crippen molar-refractivity contribution in [2.45, 2.75) is 25.5 Å². The van der Waals surface area contributed by atoms with E-state index >= 15 is 0 Å². The number of carbonyl (C=O) groups is 1. The Hall–Kier alpha value is -3.02. The summed E-state index contributed by atoms with van der Waals surface area (Å²) in [5, 5.41) is 0. The van der Waals surface area contributed by atoms with Gasteiger partial charge in [0, 0.05) is 33.0 Å². The van der Waals surface area contributed by atoms with Gasteiger partial charge in [-0.05, 0) is 24.3 Å². The number of amides is 1. The summed E-state index contributed by atoms with van der Waals surface area (Å²) in [6.07, 6.45) is 1.72. The van der Waals surface area contributed by atoms with Crippen molar-refractivity contribution in [2.75, 3.05) is 13.1 Å². The molecule has 0 N–H and O–H groups in total. The summed E-state index contributed by atoms with van der Waals surface area (Å²) < 4.78 is 9.13. The normalized spacial score (nSPS) is 15.2. The Bertz CT molecular complexity index is 998. The number of benzene rings is 2. The summed E-state index contributed by atoms with van der Waals surface area (Å²) in [5.74, 6) is 0.844. The molecule has 1 aliphatic heterocycles. The van der Waals surface area contributed by atoms with Crippen LogP contribution in [-0.4, -0.2) is 39.1 Å². The smallest absolute Gasteiger partial charge is 0.329 e. The largest absolute Gasteiger partial charge is 0.490 e. The van der Waals surface area contributed by atoms with E-state index < -0.39 is 0 Å². The molecule has 0 aliphatic carbocycles. The van der Waals surface area contributed by atoms with Crippen LogP contribution in [0.1, 0.15) is 12.8 Å². The van der Waals surface area contributed by atoms with E-state index in [2.05, 4.69) is 0 Å². The van der Waals surface area contributed by atoms with Gasteiger partial charge in [0.1, 0.15) is 18.4 Å². The van der Waals surface area contributed by atoms with Crippen molar-refractivity contribution in [1.82, 2.24) is 14.0 Å². The minimum Gasteiger partial charge on any atom is -0.490 e. The highest BCUT2D eigenvalue weighted by molar-refractivity contribution is 5.81. The van der Waals surface area contributed by atoms with Gasteiger partial charge in [-0.1, -0.05) is 30.3 Å². The van der Waals surface area contributed by atoms with Crippen LogP contribution in [-0.2, 0) is 18.4 Å². The molecule has 0 saturated carbocycles. The van der Waals surface area contributed by atoms with Crippen molar-refractivity contribution in [3.63, 3.8) is 0 Å². The number of rotatable bonds is 4. The van der Waals surface area contributed by atoms with E-state index in [9.17, 15) is 9.59 Å². The number of aryl methyl sites for hydroxylation is 1. The van der Waals surface area contributed by atoms with Crippen molar-refractivity contribution in [3.8, 4) is 5.75 Å². The lowest BCUT2D eigenvalue weighted by Gasteiger charge is -2.32. The summed E-state index contributed by atoms with van der Waals surface area (Å²) in [4.78, 5) is 27.1. The zero-order valence-electron chi connectivity index (χ0n) is 15.4. The topological polar surface area (TPSA) is 56.5 Å². The van der Waals surface area contributed by atoms with Gasteiger partial charge in [-0.15, -0.1) is 0 Å². The molecule has 0 spiro atoms. The maximum Gasteiger partial charge on any atom is 0.329 e. The van der Waals surface area contributed by atoms with Gasteiger partial charge in [0.25, 0.3) is 0 Å². The second kappa shape index (κ2) is 7.31. The molecule has 6 heteroatoms. The first-order valence-corrected chi connectivity index (χ1v) is 9.27. The zero-order valence-corrected chi connectivity index (χ0v) is 15.4. The number of carbonyl (C=O) groups excluding carboxylic acids is 1. The zero-order chi connectivity index (χ0) is 18.8. The van der Waals surface area contributed by atoms with Crippen molar-refractivity contribution < 1.29 is 9.53 Å². The van der Waals surface area contributed by atoms with Crippen LogP contribution in [0.25, 0.3) is 11.0 Å². The molecule has 4 rings (SSSR count). The molecule has 1 amide bonds. The molecule has 3 aromatic rings. The summed E-state index contributed by atoms with van der Waals surface area (Å²) >= 11 is 0. The van der Waals surface area contributed by atoms with Crippen molar-refractivity contribution in [3.05, 3.63) is 65.1 Å². The Morgan fingerprint density at radius 2 is 1.63 bits per heavy atom. The predicted octanol–water partition coefficient (Wildman–Crippen LogP) is 2.41. The maximum atomic E-state index is 12.8. The van der Waals surface area contributed by atoms with E-state index in [1.807, 2.05) is 59.5 Å². The molecular formula is C21H23N3O3. The lowest BCUT2D eigenvalue weighted by molar-refractivity contribution is -0.133. The molecule has 1 fully saturated rings. The molecule has 6 nitrogen and oxygen atoms in total. The monoisotopic (exact) mass is 365 g/mol. The molecule has 0 unspecified atom stereocenters. The lowest BCUT2D eigenvalue weighted by Crippen LogP contribution is -2.44. The molecule has 1 saturated heterocycles. The highest BCUT2D eigenvalue weighted by Crippen LogP contribution is 2.19. The van der Waals surface area contributed by atoms with Gasteiger partial charge in [-0.25, -0.2) is 4.79 Å². The number of piperidine rings is 1. The van der Waals surface area contributed by atoms with Gasteiger partial charge in [0.2, 0.25) is 5.91 Å². The summed E-state index contributed by atoms with van der Waals surface area (Å²) in [5.41, 5.74) is 1.47. The van der Waals surface area contributed by atoms with Gasteiger partial charge in [-0.3, -0.25) is 13.9 Å². The third-order valence-electron chi connectivity index (χ3n) is 5.19. The summed E-state index contributed by atoms with van der Waals surface area (Å²) in [7, 11) is 1.73. The first kappa shape index (κ1) is 17.4. The number of para-hydroxylation sites is 3. The van der Waals surface area contributed by atoms with Gasteiger partial charge in [-0.2, -0.15) is 0 Å². The summed E-state index contributed by atoms with van der Waals surface area (Å²) in [6.45, 7) is 1.37. The van der Waals surface area contributed by atoms with Crippen LogP contribution >= 0.6 is 0 Å². The fraction of sp³-hybridized carbons (Fsp3) is 0.333. The number of fused-ring (bicyclic) bond motifs is 1. The Kier molecular flexibility index (Phi) is 4.71. The molecule has 1 aromatic heterocycles. The van der Waals surface area contributed by atoms with Crippen molar-refractivity contribution in [2.24, 2.45) is 7.05 Å². The fourth-order valence-corrected chi connectivity index (χ4v) is 3.67. The van der Waals surface area contributed by atoms with E-state index in [-0.39, 0.29) is 24.2 Å². The lowest BCUT2D eigenvalue weighted by atomic mass is 10.1. The Labute approximate surface area is 157 Å². The molecule has 2 heterocycles. The average Bonchev–Trinajstić information content (AvgIpc) is 2.94. The van der Waals surface area contributed by atoms with Crippen LogP contribution in [0.15, 0.2) is 59.4 Å². The van der Waals surface area contributed by atoms with Gasteiger partial charge >= 0.3 is 5.69 Å². The highest BCUT2D eigenvalue weighted by Gasteiger charge is 2.25. The van der Waals surface area contributed by atoms with Crippen molar-refractivity contribution >= 4 is 16.9 Å². The number of imidazole rings is 1. The minimum atomic E-state index is -0.160. The Morgan fingerprint density at radius 3 is 2.33 bits per heavy atom. The number of aromatic nitrogens is 2. The van der Waals surface area contributed by atoms with Gasteiger partial charge < -0.3 is 9.64 Å². The molecule has 140 valence electrons. The van der Waals surface area contributed by atoms with Crippen molar-refractivity contribution in [1.29, 1.82) is 0 Å². The number of hydrogen-bond donors (Lipinski definition) is 0. The third-order valence-corrected chi connectivity index (χ3v) is 5.19. The number of hydrogen-bond acceptors (Lipinski definition) is 3. The third kappa shape index (κ3) is 3.47. The molecule has 1 aliphatic rings. The van der Waals surface area contributed by atoms with E-state index in [0.717, 1.165) is 29.6 Å². The summed E-state index contributed by atoms with van der Waals surface area (Å²) in [6, 6.07) is 17.3. The predicted molar refractivity (Wildman–Crippen MR) is 104 cm³/mol. The van der Waals surface area contributed by atoms with Crippen LogP contribution in [0.2, 0.25) is 0 Å². The molecular weight excluding hydrogens is 342 g/mol. The fourth-order valence-electron chi connectivity index (χ4n) is 3.67. The Morgan fingerprint density at radius 1 is 1.00 bits per heavy atom. The molecule has 2 aromatic carbocycles. The highest BCUT2D eigenvalue weighted by atomic mass is 16.5. The number of nitrogens with zero attached hydrogens (tertiary/aromatic N) is 3. The maximum absolute atomic E-state index is 12.8. The molecule has 0 radical (unpaired) electrons. The SMILES string of the molecule is Cn1c(=O)n(CC(=O)N2CCC(Oc3ccccc3)CC2)c2ccccc21. The van der Waals surface area contributed by atoms with Crippen LogP contribution < -0.4 is 10.4 Å². The van der Waals surface area contributed by atoms with E-state index in [0.29, 0.717) is 13.1 Å². The van der Waals surface area contributed by atoms with Crippen LogP contribution in [0.5, 0.6) is 5.75 Å². The molecule has 27 heavy (non-hydrogen) atoms. The average molecular weight is 365 g/mol. The molecule has 0 bridgehead atoms. The Balaban J connectivity index is 1.41. The second-order valence-corrected chi connectivity index (χ2v) is 6.93. The van der Waals surface area contributed by atoms with E-state index in [1.54, 1.807) is 16.2 Å².